The molecule has 7 heteroatoms. The van der Waals surface area contributed by atoms with Crippen LogP contribution in [0.3, 0.4) is 0 Å². The Morgan fingerprint density at radius 2 is 1.88 bits per heavy atom. The maximum atomic E-state index is 13.2. The summed E-state index contributed by atoms with van der Waals surface area (Å²) < 4.78 is 0. The number of nitrogens with one attached hydrogen (secondary N) is 2. The Labute approximate surface area is 195 Å². The Morgan fingerprint density at radius 1 is 1.09 bits per heavy atom. The van der Waals surface area contributed by atoms with E-state index in [1.807, 2.05) is 6.07 Å². The van der Waals surface area contributed by atoms with Crippen LogP contribution in [-0.4, -0.2) is 46.2 Å². The summed E-state index contributed by atoms with van der Waals surface area (Å²) in [6.45, 7) is 0. The minimum atomic E-state index is -0.0637. The smallest absolute Gasteiger partial charge is 0.272 e. The van der Waals surface area contributed by atoms with Gasteiger partial charge < -0.3 is 10.2 Å². The molecular formula is C25H26N4OS2. The van der Waals surface area contributed by atoms with Crippen molar-refractivity contribution in [2.75, 3.05) is 7.05 Å². The third kappa shape index (κ3) is 3.58. The van der Waals surface area contributed by atoms with E-state index in [4.69, 9.17) is 0 Å². The Morgan fingerprint density at radius 3 is 2.62 bits per heavy atom. The number of carbonyl (C=O) groups excluding carboxylic acids is 1. The molecule has 1 amide bonds. The van der Waals surface area contributed by atoms with Crippen LogP contribution in [0.1, 0.15) is 42.6 Å². The van der Waals surface area contributed by atoms with E-state index >= 15 is 0 Å². The van der Waals surface area contributed by atoms with Crippen LogP contribution in [0, 0.1) is 0 Å². The van der Waals surface area contributed by atoms with Gasteiger partial charge in [-0.1, -0.05) is 12.5 Å². The highest BCUT2D eigenvalue weighted by Gasteiger charge is 2.36. The molecule has 1 aromatic carbocycles. The van der Waals surface area contributed by atoms with Crippen molar-refractivity contribution in [2.45, 2.75) is 50.2 Å². The van der Waals surface area contributed by atoms with Crippen molar-refractivity contribution in [1.82, 2.24) is 20.4 Å². The summed E-state index contributed by atoms with van der Waals surface area (Å²) in [5.41, 5.74) is 3.78. The van der Waals surface area contributed by atoms with E-state index in [2.05, 4.69) is 68.6 Å². The number of hydrogen-bond acceptors (Lipinski definition) is 5. The van der Waals surface area contributed by atoms with E-state index in [1.54, 1.807) is 22.7 Å². The average molecular weight is 463 g/mol. The highest BCUT2D eigenvalue weighted by Crippen LogP contribution is 2.37. The summed E-state index contributed by atoms with van der Waals surface area (Å²) in [5.74, 6) is -0.0637. The Bertz CT molecular complexity index is 1240. The van der Waals surface area contributed by atoms with E-state index in [0.29, 0.717) is 17.8 Å². The van der Waals surface area contributed by atoms with Crippen molar-refractivity contribution in [3.05, 3.63) is 52.9 Å². The van der Waals surface area contributed by atoms with Crippen LogP contribution >= 0.6 is 22.7 Å². The van der Waals surface area contributed by atoms with E-state index in [1.165, 1.54) is 34.6 Å². The van der Waals surface area contributed by atoms with Gasteiger partial charge in [-0.3, -0.25) is 9.89 Å². The molecule has 2 unspecified atom stereocenters. The van der Waals surface area contributed by atoms with Crippen LogP contribution in [0.25, 0.3) is 31.8 Å². The molecule has 32 heavy (non-hydrogen) atoms. The fraction of sp³-hybridized carbons (Fsp3) is 0.360. The molecule has 5 heterocycles. The van der Waals surface area contributed by atoms with Crippen molar-refractivity contribution in [3.63, 3.8) is 0 Å². The SMILES string of the molecule is CN1C2CCCC1CC(NC(=O)c1n[nH]c3ccc(-c4ccc(-c5ccsc5)s4)cc13)C2. The summed E-state index contributed by atoms with van der Waals surface area (Å²) in [6, 6.07) is 14.1. The first-order valence-corrected chi connectivity index (χ1v) is 13.1. The van der Waals surface area contributed by atoms with Gasteiger partial charge in [-0.15, -0.1) is 11.3 Å². The van der Waals surface area contributed by atoms with Crippen LogP contribution in [-0.2, 0) is 0 Å². The van der Waals surface area contributed by atoms with Gasteiger partial charge in [-0.05, 0) is 79.4 Å². The lowest BCUT2D eigenvalue weighted by atomic mass is 9.82. The standard InChI is InChI=1S/C25H26N4OS2/c1-29-18-3-2-4-19(29)13-17(12-18)26-25(30)24-20-11-15(5-6-21(20)27-28-24)22-7-8-23(32-22)16-9-10-31-14-16/h5-11,14,17-19H,2-4,12-13H2,1H3,(H,26,30)(H,27,28). The van der Waals surface area contributed by atoms with E-state index < -0.39 is 0 Å². The normalized spacial score (nSPS) is 23.5. The first kappa shape index (κ1) is 20.1. The highest BCUT2D eigenvalue weighted by atomic mass is 32.1. The third-order valence-corrected chi connectivity index (χ3v) is 9.02. The number of thiophene rings is 2. The van der Waals surface area contributed by atoms with Crippen LogP contribution in [0.2, 0.25) is 0 Å². The maximum absolute atomic E-state index is 13.2. The zero-order valence-corrected chi connectivity index (χ0v) is 19.6. The molecule has 2 aliphatic heterocycles. The zero-order valence-electron chi connectivity index (χ0n) is 18.0. The van der Waals surface area contributed by atoms with Gasteiger partial charge in [0, 0.05) is 38.8 Å². The van der Waals surface area contributed by atoms with E-state index in [-0.39, 0.29) is 11.9 Å². The fourth-order valence-electron chi connectivity index (χ4n) is 5.38. The van der Waals surface area contributed by atoms with Crippen LogP contribution < -0.4 is 5.32 Å². The Kier molecular flexibility index (Phi) is 5.12. The maximum Gasteiger partial charge on any atom is 0.272 e. The van der Waals surface area contributed by atoms with Gasteiger partial charge >= 0.3 is 0 Å². The second-order valence-electron chi connectivity index (χ2n) is 9.05. The molecule has 0 radical (unpaired) electrons. The lowest BCUT2D eigenvalue weighted by molar-refractivity contribution is 0.0462. The molecule has 2 atom stereocenters. The van der Waals surface area contributed by atoms with Gasteiger partial charge in [-0.25, -0.2) is 0 Å². The number of hydrogen-bond donors (Lipinski definition) is 2. The van der Waals surface area contributed by atoms with Gasteiger partial charge in [0.2, 0.25) is 0 Å². The predicted octanol–water partition coefficient (Wildman–Crippen LogP) is 5.77. The first-order chi connectivity index (χ1) is 15.7. The van der Waals surface area contributed by atoms with Gasteiger partial charge in [0.1, 0.15) is 0 Å². The third-order valence-electron chi connectivity index (χ3n) is 7.15. The first-order valence-electron chi connectivity index (χ1n) is 11.3. The van der Waals surface area contributed by atoms with Gasteiger partial charge in [-0.2, -0.15) is 16.4 Å². The molecule has 0 saturated carbocycles. The predicted molar refractivity (Wildman–Crippen MR) is 132 cm³/mol. The summed E-state index contributed by atoms with van der Waals surface area (Å²) in [6.07, 6.45) is 5.86. The second kappa shape index (κ2) is 8.14. The molecule has 3 aromatic heterocycles. The monoisotopic (exact) mass is 462 g/mol. The van der Waals surface area contributed by atoms with Crippen LogP contribution in [0.5, 0.6) is 0 Å². The molecule has 0 spiro atoms. The number of rotatable bonds is 4. The summed E-state index contributed by atoms with van der Waals surface area (Å²) >= 11 is 3.49. The number of benzene rings is 1. The molecule has 2 aliphatic rings. The van der Waals surface area contributed by atoms with Crippen molar-refractivity contribution >= 4 is 39.5 Å². The number of H-pyrrole nitrogens is 1. The Balaban J connectivity index is 1.25. The molecule has 164 valence electrons. The van der Waals surface area contributed by atoms with Crippen LogP contribution in [0.15, 0.2) is 47.2 Å². The molecule has 6 rings (SSSR count). The zero-order chi connectivity index (χ0) is 21.7. The molecule has 4 aromatic rings. The van der Waals surface area contributed by atoms with Gasteiger partial charge in [0.25, 0.3) is 5.91 Å². The number of carbonyl (C=O) groups is 1. The quantitative estimate of drug-likeness (QED) is 0.405. The number of nitrogens with zero attached hydrogens (tertiary/aromatic N) is 2. The molecule has 2 N–H and O–H groups in total. The largest absolute Gasteiger partial charge is 0.348 e. The van der Waals surface area contributed by atoms with Gasteiger partial charge in [0.05, 0.1) is 5.52 Å². The minimum absolute atomic E-state index is 0.0637. The van der Waals surface area contributed by atoms with Gasteiger partial charge in [0.15, 0.2) is 5.69 Å². The van der Waals surface area contributed by atoms with E-state index in [9.17, 15) is 4.79 Å². The van der Waals surface area contributed by atoms with Crippen molar-refractivity contribution in [1.29, 1.82) is 0 Å². The minimum Gasteiger partial charge on any atom is -0.348 e. The lowest BCUT2D eigenvalue weighted by Crippen LogP contribution is -2.55. The fourth-order valence-corrected chi connectivity index (χ4v) is 7.11. The molecule has 5 nitrogen and oxygen atoms in total. The molecule has 2 bridgehead atoms. The highest BCUT2D eigenvalue weighted by molar-refractivity contribution is 7.19. The van der Waals surface area contributed by atoms with Crippen LogP contribution in [0.4, 0.5) is 0 Å². The van der Waals surface area contributed by atoms with Crippen molar-refractivity contribution < 1.29 is 4.79 Å². The van der Waals surface area contributed by atoms with Crippen molar-refractivity contribution in [3.8, 4) is 20.9 Å². The number of aromatic amines is 1. The van der Waals surface area contributed by atoms with E-state index in [0.717, 1.165) is 29.3 Å². The summed E-state index contributed by atoms with van der Waals surface area (Å²) in [4.78, 5) is 18.2. The second-order valence-corrected chi connectivity index (χ2v) is 10.9. The molecule has 2 saturated heterocycles. The topological polar surface area (TPSA) is 61.0 Å². The number of piperidine rings is 2. The Hall–Kier alpha value is -2.48. The molecule has 2 fully saturated rings. The average Bonchev–Trinajstić information content (AvgIpc) is 3.53. The lowest BCUT2D eigenvalue weighted by Gasteiger charge is -2.47. The summed E-state index contributed by atoms with van der Waals surface area (Å²) in [5, 5.41) is 15.9. The number of fused-ring (bicyclic) bond motifs is 3. The molecule has 0 aliphatic carbocycles. The van der Waals surface area contributed by atoms with Crippen molar-refractivity contribution in [2.24, 2.45) is 0 Å². The number of amides is 1. The summed E-state index contributed by atoms with van der Waals surface area (Å²) in [7, 11) is 2.24. The number of aromatic nitrogens is 2. The molecular weight excluding hydrogens is 436 g/mol.